The number of nitrogens with one attached hydrogen (secondary N) is 1. The second-order valence-electron chi connectivity index (χ2n) is 4.82. The third kappa shape index (κ3) is 3.70. The van der Waals surface area contributed by atoms with Crippen LogP contribution in [0.15, 0.2) is 4.99 Å². The summed E-state index contributed by atoms with van der Waals surface area (Å²) < 4.78 is 0. The van der Waals surface area contributed by atoms with Crippen molar-refractivity contribution in [1.29, 1.82) is 0 Å². The Balaban J connectivity index is 2.42. The zero-order chi connectivity index (χ0) is 11.3. The van der Waals surface area contributed by atoms with E-state index in [-0.39, 0.29) is 5.54 Å². The summed E-state index contributed by atoms with van der Waals surface area (Å²) in [5.41, 5.74) is 5.79. The predicted molar refractivity (Wildman–Crippen MR) is 65.1 cm³/mol. The van der Waals surface area contributed by atoms with E-state index in [4.69, 9.17) is 5.73 Å². The number of hydrogen-bond donors (Lipinski definition) is 2. The summed E-state index contributed by atoms with van der Waals surface area (Å²) in [6.45, 7) is 7.79. The van der Waals surface area contributed by atoms with E-state index in [2.05, 4.69) is 29.1 Å². The molecule has 0 aromatic heterocycles. The van der Waals surface area contributed by atoms with Gasteiger partial charge in [-0.2, -0.15) is 0 Å². The van der Waals surface area contributed by atoms with E-state index in [1.807, 2.05) is 0 Å². The first-order valence-corrected chi connectivity index (χ1v) is 5.77. The van der Waals surface area contributed by atoms with Crippen LogP contribution in [-0.2, 0) is 0 Å². The van der Waals surface area contributed by atoms with Gasteiger partial charge in [0.25, 0.3) is 0 Å². The van der Waals surface area contributed by atoms with E-state index < -0.39 is 0 Å². The lowest BCUT2D eigenvalue weighted by Gasteiger charge is -2.41. The molecule has 1 fully saturated rings. The van der Waals surface area contributed by atoms with Gasteiger partial charge < -0.3 is 11.1 Å². The van der Waals surface area contributed by atoms with Gasteiger partial charge in [-0.15, -0.1) is 0 Å². The van der Waals surface area contributed by atoms with E-state index in [1.165, 1.54) is 32.4 Å². The van der Waals surface area contributed by atoms with Gasteiger partial charge >= 0.3 is 0 Å². The van der Waals surface area contributed by atoms with Gasteiger partial charge in [-0.3, -0.25) is 9.89 Å². The first kappa shape index (κ1) is 12.3. The molecule has 0 unspecified atom stereocenters. The Hall–Kier alpha value is -0.770. The maximum atomic E-state index is 5.63. The van der Waals surface area contributed by atoms with Crippen LogP contribution in [-0.4, -0.2) is 43.1 Å². The minimum atomic E-state index is 0.162. The van der Waals surface area contributed by atoms with E-state index in [1.54, 1.807) is 7.05 Å². The number of likely N-dealkylation sites (tertiary alicyclic amines) is 1. The summed E-state index contributed by atoms with van der Waals surface area (Å²) in [7, 11) is 1.70. The molecule has 4 heteroatoms. The number of aliphatic imine (C=N–C) groups is 1. The molecule has 0 radical (unpaired) electrons. The van der Waals surface area contributed by atoms with Crippen LogP contribution in [0.2, 0.25) is 0 Å². The van der Waals surface area contributed by atoms with Crippen molar-refractivity contribution in [2.24, 2.45) is 10.7 Å². The van der Waals surface area contributed by atoms with Gasteiger partial charge in [-0.25, -0.2) is 0 Å². The van der Waals surface area contributed by atoms with Crippen molar-refractivity contribution in [3.63, 3.8) is 0 Å². The molecule has 1 rings (SSSR count). The van der Waals surface area contributed by atoms with Gasteiger partial charge in [0.1, 0.15) is 0 Å². The summed E-state index contributed by atoms with van der Waals surface area (Å²) in [5, 5.41) is 3.16. The highest BCUT2D eigenvalue weighted by molar-refractivity contribution is 5.77. The molecule has 1 aliphatic rings. The van der Waals surface area contributed by atoms with Gasteiger partial charge in [-0.05, 0) is 39.8 Å². The van der Waals surface area contributed by atoms with E-state index in [0.717, 1.165) is 6.54 Å². The number of guanidine groups is 1. The lowest BCUT2D eigenvalue weighted by atomic mass is 9.98. The highest BCUT2D eigenvalue weighted by Crippen LogP contribution is 2.19. The maximum absolute atomic E-state index is 5.63. The van der Waals surface area contributed by atoms with E-state index >= 15 is 0 Å². The van der Waals surface area contributed by atoms with Gasteiger partial charge in [0.2, 0.25) is 0 Å². The average Bonchev–Trinajstić information content (AvgIpc) is 2.27. The van der Waals surface area contributed by atoms with Gasteiger partial charge in [-0.1, -0.05) is 6.42 Å². The lowest BCUT2D eigenvalue weighted by molar-refractivity contribution is 0.0983. The van der Waals surface area contributed by atoms with Crippen LogP contribution < -0.4 is 11.1 Å². The highest BCUT2D eigenvalue weighted by Gasteiger charge is 2.27. The van der Waals surface area contributed by atoms with Crippen LogP contribution in [0, 0.1) is 0 Å². The Bertz CT molecular complexity index is 217. The van der Waals surface area contributed by atoms with Crippen molar-refractivity contribution in [3.05, 3.63) is 0 Å². The summed E-state index contributed by atoms with van der Waals surface area (Å²) in [6, 6.07) is 0. The summed E-state index contributed by atoms with van der Waals surface area (Å²) in [5.74, 6) is 0.528. The van der Waals surface area contributed by atoms with Crippen molar-refractivity contribution in [2.45, 2.75) is 38.6 Å². The molecule has 3 N–H and O–H groups in total. The number of nitrogens with two attached hydrogens (primary N) is 1. The number of hydrogen-bond acceptors (Lipinski definition) is 2. The van der Waals surface area contributed by atoms with Crippen LogP contribution in [0.3, 0.4) is 0 Å². The van der Waals surface area contributed by atoms with E-state index in [0.29, 0.717) is 5.96 Å². The number of rotatable bonds is 3. The monoisotopic (exact) mass is 212 g/mol. The quantitative estimate of drug-likeness (QED) is 0.537. The molecule has 0 atom stereocenters. The number of piperidine rings is 1. The zero-order valence-corrected chi connectivity index (χ0v) is 10.2. The van der Waals surface area contributed by atoms with Gasteiger partial charge in [0.05, 0.1) is 0 Å². The Morgan fingerprint density at radius 1 is 1.33 bits per heavy atom. The van der Waals surface area contributed by atoms with Crippen LogP contribution in [0.5, 0.6) is 0 Å². The summed E-state index contributed by atoms with van der Waals surface area (Å²) >= 11 is 0. The third-order valence-electron chi connectivity index (χ3n) is 3.16. The minimum absolute atomic E-state index is 0.162. The third-order valence-corrected chi connectivity index (χ3v) is 3.16. The largest absolute Gasteiger partial charge is 0.370 e. The van der Waals surface area contributed by atoms with Crippen LogP contribution in [0.1, 0.15) is 33.1 Å². The predicted octanol–water partition coefficient (Wildman–Crippen LogP) is 0.785. The second-order valence-corrected chi connectivity index (χ2v) is 4.82. The molecule has 4 nitrogen and oxygen atoms in total. The molecule has 1 aliphatic heterocycles. The fourth-order valence-corrected chi connectivity index (χ4v) is 2.00. The number of nitrogens with zero attached hydrogens (tertiary/aromatic N) is 2. The van der Waals surface area contributed by atoms with Gasteiger partial charge in [0, 0.05) is 19.1 Å². The Labute approximate surface area is 92.9 Å². The van der Waals surface area contributed by atoms with Gasteiger partial charge in [0.15, 0.2) is 5.96 Å². The molecular weight excluding hydrogens is 188 g/mol. The molecule has 0 spiro atoms. The molecule has 0 aromatic carbocycles. The fraction of sp³-hybridized carbons (Fsp3) is 0.909. The van der Waals surface area contributed by atoms with Crippen molar-refractivity contribution >= 4 is 5.96 Å². The molecule has 1 heterocycles. The second kappa shape index (κ2) is 5.35. The molecule has 1 saturated heterocycles. The Morgan fingerprint density at radius 2 is 1.93 bits per heavy atom. The molecule has 0 amide bonds. The Kier molecular flexibility index (Phi) is 4.39. The minimum Gasteiger partial charge on any atom is -0.370 e. The molecule has 0 saturated carbocycles. The standard InChI is InChI=1S/C11H24N4/c1-11(2,9-14-10(12)13-3)15-7-5-4-6-8-15/h4-9H2,1-3H3,(H3,12,13,14). The molecular formula is C11H24N4. The molecule has 0 bridgehead atoms. The average molecular weight is 212 g/mol. The lowest BCUT2D eigenvalue weighted by Crippen LogP contribution is -2.54. The van der Waals surface area contributed by atoms with Crippen LogP contribution in [0.25, 0.3) is 0 Å². The molecule has 88 valence electrons. The maximum Gasteiger partial charge on any atom is 0.188 e. The molecule has 15 heavy (non-hydrogen) atoms. The first-order valence-electron chi connectivity index (χ1n) is 5.77. The van der Waals surface area contributed by atoms with Crippen molar-refractivity contribution in [3.8, 4) is 0 Å². The topological polar surface area (TPSA) is 53.6 Å². The fourth-order valence-electron chi connectivity index (χ4n) is 2.00. The van der Waals surface area contributed by atoms with Crippen LogP contribution >= 0.6 is 0 Å². The smallest absolute Gasteiger partial charge is 0.188 e. The van der Waals surface area contributed by atoms with Crippen molar-refractivity contribution in [1.82, 2.24) is 10.2 Å². The Morgan fingerprint density at radius 3 is 2.47 bits per heavy atom. The zero-order valence-electron chi connectivity index (χ0n) is 10.2. The molecule has 0 aliphatic carbocycles. The summed E-state index contributed by atoms with van der Waals surface area (Å²) in [6.07, 6.45) is 4.01. The first-order chi connectivity index (χ1) is 7.06. The SMILES string of the molecule is CN=C(N)NCC(C)(C)N1CCCCC1. The van der Waals surface area contributed by atoms with E-state index in [9.17, 15) is 0 Å². The molecule has 0 aromatic rings. The normalized spacial score (nSPS) is 20.3. The van der Waals surface area contributed by atoms with Crippen molar-refractivity contribution in [2.75, 3.05) is 26.7 Å². The van der Waals surface area contributed by atoms with Crippen molar-refractivity contribution < 1.29 is 0 Å². The summed E-state index contributed by atoms with van der Waals surface area (Å²) in [4.78, 5) is 6.44. The highest BCUT2D eigenvalue weighted by atomic mass is 15.2. The van der Waals surface area contributed by atoms with Crippen LogP contribution in [0.4, 0.5) is 0 Å².